The van der Waals surface area contributed by atoms with Gasteiger partial charge in [-0.25, -0.2) is 0 Å². The number of nitrogens with zero attached hydrogens (tertiary/aromatic N) is 1. The standard InChI is InChI=1S/C23H26N2O4/c1-13(2)25-22(26)20(17-9-7-14(3)11-15(17)4)21(23(25)27)24-16-8-10-18(28-5)19(12-16)29-6/h7-13,24H,1-6H3. The third-order valence-electron chi connectivity index (χ3n) is 4.94. The molecule has 0 saturated carbocycles. The van der Waals surface area contributed by atoms with E-state index in [-0.39, 0.29) is 23.6 Å². The fourth-order valence-electron chi connectivity index (χ4n) is 3.53. The Balaban J connectivity index is 2.13. The Kier molecular flexibility index (Phi) is 5.64. The number of rotatable bonds is 6. The van der Waals surface area contributed by atoms with Gasteiger partial charge in [0.1, 0.15) is 5.70 Å². The van der Waals surface area contributed by atoms with Crippen molar-refractivity contribution < 1.29 is 19.1 Å². The number of methoxy groups -OCH3 is 2. The van der Waals surface area contributed by atoms with E-state index in [1.807, 2.05) is 45.9 Å². The molecule has 2 amide bonds. The summed E-state index contributed by atoms with van der Waals surface area (Å²) >= 11 is 0. The van der Waals surface area contributed by atoms with E-state index in [0.717, 1.165) is 16.7 Å². The van der Waals surface area contributed by atoms with Crippen LogP contribution in [0.1, 0.15) is 30.5 Å². The largest absolute Gasteiger partial charge is 0.493 e. The number of benzene rings is 2. The summed E-state index contributed by atoms with van der Waals surface area (Å²) in [6.07, 6.45) is 0. The Bertz CT molecular complexity index is 1010. The Morgan fingerprint density at radius 2 is 1.59 bits per heavy atom. The zero-order valence-electron chi connectivity index (χ0n) is 17.6. The van der Waals surface area contributed by atoms with Crippen molar-refractivity contribution in [3.63, 3.8) is 0 Å². The molecular formula is C23H26N2O4. The molecule has 3 rings (SSSR count). The average molecular weight is 394 g/mol. The maximum absolute atomic E-state index is 13.2. The average Bonchev–Trinajstić information content (AvgIpc) is 2.91. The van der Waals surface area contributed by atoms with Crippen molar-refractivity contribution >= 4 is 23.1 Å². The number of ether oxygens (including phenoxy) is 2. The molecule has 0 aliphatic carbocycles. The molecule has 2 aromatic carbocycles. The van der Waals surface area contributed by atoms with Gasteiger partial charge in [0.15, 0.2) is 11.5 Å². The lowest BCUT2D eigenvalue weighted by molar-refractivity contribution is -0.138. The highest BCUT2D eigenvalue weighted by Crippen LogP contribution is 2.35. The van der Waals surface area contributed by atoms with Gasteiger partial charge >= 0.3 is 0 Å². The zero-order chi connectivity index (χ0) is 21.3. The predicted molar refractivity (Wildman–Crippen MR) is 113 cm³/mol. The molecule has 0 radical (unpaired) electrons. The summed E-state index contributed by atoms with van der Waals surface area (Å²) in [5, 5.41) is 3.15. The number of hydrogen-bond acceptors (Lipinski definition) is 5. The fraction of sp³-hybridized carbons (Fsp3) is 0.304. The summed E-state index contributed by atoms with van der Waals surface area (Å²) < 4.78 is 10.6. The summed E-state index contributed by atoms with van der Waals surface area (Å²) in [4.78, 5) is 27.6. The van der Waals surface area contributed by atoms with E-state index >= 15 is 0 Å². The molecule has 2 aromatic rings. The molecule has 1 N–H and O–H groups in total. The van der Waals surface area contributed by atoms with Crippen LogP contribution in [0, 0.1) is 13.8 Å². The van der Waals surface area contributed by atoms with Crippen molar-refractivity contribution in [1.29, 1.82) is 0 Å². The third kappa shape index (κ3) is 3.70. The Morgan fingerprint density at radius 1 is 0.897 bits per heavy atom. The topological polar surface area (TPSA) is 67.9 Å². The fourth-order valence-corrected chi connectivity index (χ4v) is 3.53. The van der Waals surface area contributed by atoms with Crippen molar-refractivity contribution in [1.82, 2.24) is 4.90 Å². The van der Waals surface area contributed by atoms with Crippen LogP contribution in [0.4, 0.5) is 5.69 Å². The van der Waals surface area contributed by atoms with E-state index in [4.69, 9.17) is 9.47 Å². The highest BCUT2D eigenvalue weighted by Gasteiger charge is 2.41. The Morgan fingerprint density at radius 3 is 2.17 bits per heavy atom. The summed E-state index contributed by atoms with van der Waals surface area (Å²) in [5.41, 5.74) is 4.07. The van der Waals surface area contributed by atoms with Crippen LogP contribution >= 0.6 is 0 Å². The molecule has 0 aromatic heterocycles. The minimum atomic E-state index is -0.338. The van der Waals surface area contributed by atoms with Crippen LogP contribution in [-0.2, 0) is 9.59 Å². The van der Waals surface area contributed by atoms with Crippen LogP contribution in [0.5, 0.6) is 11.5 Å². The van der Waals surface area contributed by atoms with Crippen molar-refractivity contribution in [2.75, 3.05) is 19.5 Å². The lowest BCUT2D eigenvalue weighted by Crippen LogP contribution is -2.38. The van der Waals surface area contributed by atoms with Crippen LogP contribution in [0.15, 0.2) is 42.1 Å². The molecule has 152 valence electrons. The van der Waals surface area contributed by atoms with Crippen molar-refractivity contribution in [2.24, 2.45) is 0 Å². The van der Waals surface area contributed by atoms with Gasteiger partial charge in [-0.05, 0) is 51.0 Å². The highest BCUT2D eigenvalue weighted by molar-refractivity contribution is 6.36. The molecule has 0 fully saturated rings. The molecule has 0 bridgehead atoms. The van der Waals surface area contributed by atoms with Crippen LogP contribution in [0.2, 0.25) is 0 Å². The minimum Gasteiger partial charge on any atom is -0.493 e. The molecule has 1 aliphatic rings. The molecule has 0 unspecified atom stereocenters. The highest BCUT2D eigenvalue weighted by atomic mass is 16.5. The number of carbonyl (C=O) groups excluding carboxylic acids is 2. The monoisotopic (exact) mass is 394 g/mol. The number of hydrogen-bond donors (Lipinski definition) is 1. The predicted octanol–water partition coefficient (Wildman–Crippen LogP) is 3.92. The molecule has 0 atom stereocenters. The SMILES string of the molecule is COc1ccc(NC2=C(c3ccc(C)cc3C)C(=O)N(C(C)C)C2=O)cc1OC. The number of carbonyl (C=O) groups is 2. The summed E-state index contributed by atoms with van der Waals surface area (Å²) in [5.74, 6) is 0.484. The lowest BCUT2D eigenvalue weighted by Gasteiger charge is -2.19. The molecule has 1 aliphatic heterocycles. The van der Waals surface area contributed by atoms with Gasteiger partial charge in [-0.1, -0.05) is 23.8 Å². The number of nitrogens with one attached hydrogen (secondary N) is 1. The quantitative estimate of drug-likeness (QED) is 0.752. The molecule has 6 nitrogen and oxygen atoms in total. The maximum Gasteiger partial charge on any atom is 0.278 e. The first-order valence-electron chi connectivity index (χ1n) is 9.47. The van der Waals surface area contributed by atoms with Crippen LogP contribution in [-0.4, -0.2) is 37.0 Å². The first-order chi connectivity index (χ1) is 13.8. The normalized spacial score (nSPS) is 14.1. The van der Waals surface area contributed by atoms with Crippen molar-refractivity contribution in [2.45, 2.75) is 33.7 Å². The summed E-state index contributed by atoms with van der Waals surface area (Å²) in [7, 11) is 3.11. The van der Waals surface area contributed by atoms with Crippen molar-refractivity contribution in [3.05, 3.63) is 58.8 Å². The van der Waals surface area contributed by atoms with Gasteiger partial charge in [0, 0.05) is 17.8 Å². The zero-order valence-corrected chi connectivity index (χ0v) is 17.6. The van der Waals surface area contributed by atoms with E-state index in [0.29, 0.717) is 22.8 Å². The van der Waals surface area contributed by atoms with E-state index in [1.54, 1.807) is 32.4 Å². The molecule has 6 heteroatoms. The van der Waals surface area contributed by atoms with Crippen LogP contribution in [0.3, 0.4) is 0 Å². The number of aryl methyl sites for hydroxylation is 2. The van der Waals surface area contributed by atoms with Gasteiger partial charge < -0.3 is 14.8 Å². The van der Waals surface area contributed by atoms with E-state index in [9.17, 15) is 9.59 Å². The lowest BCUT2D eigenvalue weighted by atomic mass is 9.97. The Labute approximate surface area is 171 Å². The molecule has 1 heterocycles. The first kappa shape index (κ1) is 20.5. The van der Waals surface area contributed by atoms with Gasteiger partial charge in [-0.15, -0.1) is 0 Å². The molecule has 0 spiro atoms. The van der Waals surface area contributed by atoms with Crippen LogP contribution in [0.25, 0.3) is 5.57 Å². The minimum absolute atomic E-state index is 0.250. The van der Waals surface area contributed by atoms with Gasteiger partial charge in [0.25, 0.3) is 11.8 Å². The second-order valence-corrected chi connectivity index (χ2v) is 7.34. The van der Waals surface area contributed by atoms with E-state index in [2.05, 4.69) is 5.32 Å². The third-order valence-corrected chi connectivity index (χ3v) is 4.94. The van der Waals surface area contributed by atoms with Gasteiger partial charge in [0.05, 0.1) is 19.8 Å². The van der Waals surface area contributed by atoms with Crippen molar-refractivity contribution in [3.8, 4) is 11.5 Å². The smallest absolute Gasteiger partial charge is 0.278 e. The molecule has 29 heavy (non-hydrogen) atoms. The van der Waals surface area contributed by atoms with Gasteiger partial charge in [0.2, 0.25) is 0 Å². The van der Waals surface area contributed by atoms with Gasteiger partial charge in [-0.3, -0.25) is 14.5 Å². The number of anilines is 1. The summed E-state index contributed by atoms with van der Waals surface area (Å²) in [6.45, 7) is 7.60. The molecule has 0 saturated heterocycles. The first-order valence-corrected chi connectivity index (χ1v) is 9.47. The Hall–Kier alpha value is -3.28. The van der Waals surface area contributed by atoms with E-state index in [1.165, 1.54) is 4.90 Å². The molecular weight excluding hydrogens is 368 g/mol. The maximum atomic E-state index is 13.2. The van der Waals surface area contributed by atoms with Crippen LogP contribution < -0.4 is 14.8 Å². The second kappa shape index (κ2) is 7.99. The second-order valence-electron chi connectivity index (χ2n) is 7.34. The number of amides is 2. The summed E-state index contributed by atoms with van der Waals surface area (Å²) in [6, 6.07) is 10.9. The van der Waals surface area contributed by atoms with E-state index < -0.39 is 0 Å². The number of imide groups is 1. The van der Waals surface area contributed by atoms with Gasteiger partial charge in [-0.2, -0.15) is 0 Å².